The van der Waals surface area contributed by atoms with Crippen molar-refractivity contribution in [3.63, 3.8) is 0 Å². The van der Waals surface area contributed by atoms with Crippen LogP contribution in [-0.2, 0) is 37.8 Å². The molecule has 34 heavy (non-hydrogen) atoms. The lowest BCUT2D eigenvalue weighted by Gasteiger charge is -2.22. The molecule has 0 radical (unpaired) electrons. The first-order chi connectivity index (χ1) is 16.7. The summed E-state index contributed by atoms with van der Waals surface area (Å²) in [6.07, 6.45) is 8.31. The second-order valence-corrected chi connectivity index (χ2v) is 10.6. The molecule has 0 unspecified atom stereocenters. The Bertz CT molecular complexity index is 968. The van der Waals surface area contributed by atoms with E-state index >= 15 is 0 Å². The number of aryl methyl sites for hydroxylation is 1. The second-order valence-electron chi connectivity index (χ2n) is 8.98. The van der Waals surface area contributed by atoms with Crippen LogP contribution in [0.5, 0.6) is 0 Å². The zero-order valence-corrected chi connectivity index (χ0v) is 20.7. The van der Waals surface area contributed by atoms with Crippen LogP contribution in [0.4, 0.5) is 0 Å². The van der Waals surface area contributed by atoms with Gasteiger partial charge in [-0.15, -0.1) is 0 Å². The van der Waals surface area contributed by atoms with Crippen LogP contribution in [0.15, 0.2) is 84.9 Å². The largest absolute Gasteiger partial charge is 0.475 e. The van der Waals surface area contributed by atoms with Crippen LogP contribution in [0, 0.1) is 0 Å². The zero-order valence-electron chi connectivity index (χ0n) is 19.8. The Balaban J connectivity index is 1.28. The smallest absolute Gasteiger partial charge is 0.287 e. The van der Waals surface area contributed by atoms with Gasteiger partial charge in [0.1, 0.15) is 0 Å². The predicted molar refractivity (Wildman–Crippen MR) is 137 cm³/mol. The Morgan fingerprint density at radius 1 is 0.647 bits per heavy atom. The van der Waals surface area contributed by atoms with Crippen molar-refractivity contribution in [2.75, 3.05) is 6.61 Å². The standard InChI is InChI=1S/C29H35O4P/c30-34(32-23-26-11-4-1-5-12-26,33-24-27-13-6-2-7-14-27)31-22-10-15-25-18-20-29(21-19-25)28-16-8-3-9-17-28/h1-2,4-7,11-14,18-21,28H,3,8-10,15-17,22-24H2. The molecule has 1 saturated carbocycles. The van der Waals surface area contributed by atoms with Crippen LogP contribution in [0.3, 0.4) is 0 Å². The fraction of sp³-hybridized carbons (Fsp3) is 0.379. The van der Waals surface area contributed by atoms with Gasteiger partial charge in [-0.3, -0.25) is 13.6 Å². The normalized spacial score (nSPS) is 14.8. The predicted octanol–water partition coefficient (Wildman–Crippen LogP) is 8.23. The number of benzene rings is 3. The average Bonchev–Trinajstić information content (AvgIpc) is 2.91. The molecule has 5 heteroatoms. The lowest BCUT2D eigenvalue weighted by molar-refractivity contribution is 0.102. The molecule has 0 spiro atoms. The molecule has 3 aromatic carbocycles. The zero-order chi connectivity index (χ0) is 23.5. The van der Waals surface area contributed by atoms with Crippen molar-refractivity contribution in [1.29, 1.82) is 0 Å². The third-order valence-corrected chi connectivity index (χ3v) is 7.77. The van der Waals surface area contributed by atoms with Gasteiger partial charge in [0.05, 0.1) is 19.8 Å². The number of hydrogen-bond donors (Lipinski definition) is 0. The minimum Gasteiger partial charge on any atom is -0.287 e. The maximum Gasteiger partial charge on any atom is 0.475 e. The van der Waals surface area contributed by atoms with Gasteiger partial charge >= 0.3 is 7.82 Å². The van der Waals surface area contributed by atoms with Gasteiger partial charge in [-0.2, -0.15) is 0 Å². The lowest BCUT2D eigenvalue weighted by Crippen LogP contribution is -2.05. The highest BCUT2D eigenvalue weighted by Gasteiger charge is 2.27. The van der Waals surface area contributed by atoms with E-state index in [1.807, 2.05) is 60.7 Å². The molecule has 0 amide bonds. The highest BCUT2D eigenvalue weighted by atomic mass is 31.2. The molecular weight excluding hydrogens is 443 g/mol. The van der Waals surface area contributed by atoms with E-state index in [0.29, 0.717) is 6.61 Å². The van der Waals surface area contributed by atoms with Gasteiger partial charge < -0.3 is 0 Å². The van der Waals surface area contributed by atoms with Crippen LogP contribution in [0.25, 0.3) is 0 Å². The number of phosphoric ester groups is 1. The van der Waals surface area contributed by atoms with E-state index in [2.05, 4.69) is 24.3 Å². The highest BCUT2D eigenvalue weighted by molar-refractivity contribution is 7.48. The Morgan fingerprint density at radius 3 is 1.76 bits per heavy atom. The Labute approximate surface area is 203 Å². The monoisotopic (exact) mass is 478 g/mol. The summed E-state index contributed by atoms with van der Waals surface area (Å²) in [6, 6.07) is 28.3. The molecular formula is C29H35O4P. The third kappa shape index (κ3) is 7.92. The van der Waals surface area contributed by atoms with Crippen LogP contribution in [0.2, 0.25) is 0 Å². The lowest BCUT2D eigenvalue weighted by atomic mass is 9.84. The first kappa shape index (κ1) is 24.9. The highest BCUT2D eigenvalue weighted by Crippen LogP contribution is 2.51. The van der Waals surface area contributed by atoms with E-state index in [-0.39, 0.29) is 13.2 Å². The van der Waals surface area contributed by atoms with Crippen molar-refractivity contribution in [1.82, 2.24) is 0 Å². The Morgan fingerprint density at radius 2 is 1.21 bits per heavy atom. The van der Waals surface area contributed by atoms with Crippen molar-refractivity contribution in [3.05, 3.63) is 107 Å². The summed E-state index contributed by atoms with van der Waals surface area (Å²) in [5.74, 6) is 0.723. The number of rotatable bonds is 12. The summed E-state index contributed by atoms with van der Waals surface area (Å²) in [4.78, 5) is 0. The minimum atomic E-state index is -3.70. The quantitative estimate of drug-likeness (QED) is 0.194. The molecule has 4 nitrogen and oxygen atoms in total. The van der Waals surface area contributed by atoms with Crippen LogP contribution in [0.1, 0.15) is 66.7 Å². The summed E-state index contributed by atoms with van der Waals surface area (Å²) in [5.41, 5.74) is 4.58. The van der Waals surface area contributed by atoms with E-state index in [1.54, 1.807) is 0 Å². The molecule has 3 aromatic rings. The topological polar surface area (TPSA) is 44.8 Å². The van der Waals surface area contributed by atoms with Gasteiger partial charge in [0.2, 0.25) is 0 Å². The molecule has 1 aliphatic rings. The Kier molecular flexibility index (Phi) is 9.53. The van der Waals surface area contributed by atoms with Gasteiger partial charge in [0, 0.05) is 0 Å². The van der Waals surface area contributed by atoms with Crippen molar-refractivity contribution in [3.8, 4) is 0 Å². The fourth-order valence-corrected chi connectivity index (χ4v) is 5.60. The van der Waals surface area contributed by atoms with Gasteiger partial charge in [0.15, 0.2) is 0 Å². The molecule has 0 N–H and O–H groups in total. The van der Waals surface area contributed by atoms with Crippen molar-refractivity contribution in [2.24, 2.45) is 0 Å². The van der Waals surface area contributed by atoms with E-state index in [9.17, 15) is 4.57 Å². The van der Waals surface area contributed by atoms with Crippen molar-refractivity contribution >= 4 is 7.82 Å². The summed E-state index contributed by atoms with van der Waals surface area (Å²) >= 11 is 0. The van der Waals surface area contributed by atoms with Crippen LogP contribution < -0.4 is 0 Å². The molecule has 4 rings (SSSR count). The molecule has 180 valence electrons. The van der Waals surface area contributed by atoms with Gasteiger partial charge in [0.25, 0.3) is 0 Å². The van der Waals surface area contributed by atoms with Gasteiger partial charge in [-0.05, 0) is 53.9 Å². The Hall–Kier alpha value is -2.23. The molecule has 0 saturated heterocycles. The summed E-state index contributed by atoms with van der Waals surface area (Å²) in [7, 11) is -3.70. The summed E-state index contributed by atoms with van der Waals surface area (Å²) in [6.45, 7) is 0.663. The summed E-state index contributed by atoms with van der Waals surface area (Å²) < 4.78 is 30.4. The average molecular weight is 479 g/mol. The first-order valence-electron chi connectivity index (χ1n) is 12.4. The fourth-order valence-electron chi connectivity index (χ4n) is 4.41. The van der Waals surface area contributed by atoms with E-state index in [0.717, 1.165) is 29.9 Å². The minimum absolute atomic E-state index is 0.176. The van der Waals surface area contributed by atoms with Crippen molar-refractivity contribution in [2.45, 2.75) is 64.1 Å². The van der Waals surface area contributed by atoms with Gasteiger partial charge in [-0.1, -0.05) is 104 Å². The van der Waals surface area contributed by atoms with E-state index < -0.39 is 7.82 Å². The molecule has 1 fully saturated rings. The number of hydrogen-bond acceptors (Lipinski definition) is 4. The van der Waals surface area contributed by atoms with Crippen molar-refractivity contribution < 1.29 is 18.1 Å². The maximum absolute atomic E-state index is 13.3. The van der Waals surface area contributed by atoms with E-state index in [1.165, 1.54) is 43.2 Å². The maximum atomic E-state index is 13.3. The second kappa shape index (κ2) is 13.0. The molecule has 0 aliphatic heterocycles. The molecule has 0 atom stereocenters. The molecule has 0 heterocycles. The van der Waals surface area contributed by atoms with Crippen LogP contribution >= 0.6 is 7.82 Å². The SMILES string of the molecule is O=P(OCCCc1ccc(C2CCCCC2)cc1)(OCc1ccccc1)OCc1ccccc1. The molecule has 0 bridgehead atoms. The van der Waals surface area contributed by atoms with E-state index in [4.69, 9.17) is 13.6 Å². The third-order valence-electron chi connectivity index (χ3n) is 6.38. The van der Waals surface area contributed by atoms with Gasteiger partial charge in [-0.25, -0.2) is 4.57 Å². The first-order valence-corrected chi connectivity index (χ1v) is 13.9. The summed E-state index contributed by atoms with van der Waals surface area (Å²) in [5, 5.41) is 0. The molecule has 0 aromatic heterocycles. The number of phosphoric acid groups is 1. The van der Waals surface area contributed by atoms with Crippen LogP contribution in [-0.4, -0.2) is 6.61 Å². The molecule has 1 aliphatic carbocycles.